The van der Waals surface area contributed by atoms with Crippen LogP contribution < -0.4 is 5.73 Å². The van der Waals surface area contributed by atoms with Gasteiger partial charge in [0.2, 0.25) is 0 Å². The lowest BCUT2D eigenvalue weighted by Gasteiger charge is -2.13. The fourth-order valence-corrected chi connectivity index (χ4v) is 2.72. The zero-order valence-electron chi connectivity index (χ0n) is 11.9. The second-order valence-electron chi connectivity index (χ2n) is 4.63. The van der Waals surface area contributed by atoms with Gasteiger partial charge in [0.05, 0.1) is 30.5 Å². The van der Waals surface area contributed by atoms with Crippen molar-refractivity contribution in [3.05, 3.63) is 35.7 Å². The number of nitrogens with zero attached hydrogens (tertiary/aromatic N) is 3. The minimum Gasteiger partial charge on any atom is -0.394 e. The highest BCUT2D eigenvalue weighted by atomic mass is 32.2. The van der Waals surface area contributed by atoms with Gasteiger partial charge in [-0.25, -0.2) is 0 Å². The monoisotopic (exact) mass is 348 g/mol. The van der Waals surface area contributed by atoms with Gasteiger partial charge in [0.15, 0.2) is 11.0 Å². The van der Waals surface area contributed by atoms with Crippen LogP contribution in [0.2, 0.25) is 0 Å². The third-order valence-electron chi connectivity index (χ3n) is 2.93. The normalized spacial score (nSPS) is 13.3. The van der Waals surface area contributed by atoms with Crippen molar-refractivity contribution in [1.82, 2.24) is 14.8 Å². The first-order chi connectivity index (χ1) is 10.9. The SMILES string of the molecule is NCc1nnc(SC[C@@H](O)CO)n1-c1cccc(C(F)(F)F)c1. The van der Waals surface area contributed by atoms with Gasteiger partial charge in [-0.2, -0.15) is 13.2 Å². The van der Waals surface area contributed by atoms with Crippen molar-refractivity contribution in [3.8, 4) is 5.69 Å². The second-order valence-corrected chi connectivity index (χ2v) is 5.62. The van der Waals surface area contributed by atoms with Crippen LogP contribution in [0.25, 0.3) is 5.69 Å². The molecule has 2 rings (SSSR count). The van der Waals surface area contributed by atoms with E-state index in [0.717, 1.165) is 23.9 Å². The van der Waals surface area contributed by atoms with E-state index in [1.807, 2.05) is 0 Å². The number of rotatable bonds is 6. The molecule has 1 heterocycles. The largest absolute Gasteiger partial charge is 0.416 e. The van der Waals surface area contributed by atoms with Crippen molar-refractivity contribution in [3.63, 3.8) is 0 Å². The number of alkyl halides is 3. The maximum absolute atomic E-state index is 12.9. The van der Waals surface area contributed by atoms with Crippen LogP contribution in [-0.4, -0.2) is 43.4 Å². The van der Waals surface area contributed by atoms with Gasteiger partial charge in [-0.1, -0.05) is 17.8 Å². The van der Waals surface area contributed by atoms with Crippen LogP contribution in [0.5, 0.6) is 0 Å². The number of nitrogens with two attached hydrogens (primary N) is 1. The van der Waals surface area contributed by atoms with Crippen LogP contribution in [0.4, 0.5) is 13.2 Å². The van der Waals surface area contributed by atoms with E-state index in [0.29, 0.717) is 5.82 Å². The van der Waals surface area contributed by atoms with E-state index in [2.05, 4.69) is 10.2 Å². The van der Waals surface area contributed by atoms with Crippen LogP contribution >= 0.6 is 11.8 Å². The van der Waals surface area contributed by atoms with E-state index in [4.69, 9.17) is 10.8 Å². The summed E-state index contributed by atoms with van der Waals surface area (Å²) < 4.78 is 40.0. The van der Waals surface area contributed by atoms with Crippen LogP contribution in [-0.2, 0) is 12.7 Å². The van der Waals surface area contributed by atoms with Gasteiger partial charge in [-0.05, 0) is 18.2 Å². The number of aliphatic hydroxyl groups is 2. The van der Waals surface area contributed by atoms with E-state index >= 15 is 0 Å². The molecule has 126 valence electrons. The number of thioether (sulfide) groups is 1. The van der Waals surface area contributed by atoms with Crippen molar-refractivity contribution in [2.45, 2.75) is 24.0 Å². The van der Waals surface area contributed by atoms with Crippen molar-refractivity contribution in [2.24, 2.45) is 5.73 Å². The first kappa shape index (κ1) is 17.7. The molecule has 1 aromatic heterocycles. The summed E-state index contributed by atoms with van der Waals surface area (Å²) in [5.74, 6) is 0.420. The summed E-state index contributed by atoms with van der Waals surface area (Å²) in [6.45, 7) is -0.430. The Labute approximate surface area is 134 Å². The molecule has 10 heteroatoms. The lowest BCUT2D eigenvalue weighted by atomic mass is 10.2. The predicted octanol–water partition coefficient (Wildman–Crippen LogP) is 1.19. The average molecular weight is 348 g/mol. The lowest BCUT2D eigenvalue weighted by Crippen LogP contribution is -2.15. The molecule has 6 nitrogen and oxygen atoms in total. The predicted molar refractivity (Wildman–Crippen MR) is 78.1 cm³/mol. The van der Waals surface area contributed by atoms with E-state index in [1.54, 1.807) is 0 Å². The first-order valence-electron chi connectivity index (χ1n) is 6.60. The van der Waals surface area contributed by atoms with E-state index < -0.39 is 24.5 Å². The Balaban J connectivity index is 2.39. The maximum atomic E-state index is 12.9. The highest BCUT2D eigenvalue weighted by Crippen LogP contribution is 2.31. The topological polar surface area (TPSA) is 97.2 Å². The van der Waals surface area contributed by atoms with Crippen molar-refractivity contribution < 1.29 is 23.4 Å². The summed E-state index contributed by atoms with van der Waals surface area (Å²) >= 11 is 1.07. The maximum Gasteiger partial charge on any atom is 0.416 e. The minimum atomic E-state index is -4.46. The molecule has 0 fully saturated rings. The fourth-order valence-electron chi connectivity index (χ4n) is 1.83. The van der Waals surface area contributed by atoms with Gasteiger partial charge in [-0.15, -0.1) is 10.2 Å². The molecule has 0 bridgehead atoms. The average Bonchev–Trinajstić information content (AvgIpc) is 2.94. The highest BCUT2D eigenvalue weighted by molar-refractivity contribution is 7.99. The quantitative estimate of drug-likeness (QED) is 0.679. The molecule has 0 aliphatic rings. The van der Waals surface area contributed by atoms with Gasteiger partial charge in [-0.3, -0.25) is 4.57 Å². The molecule has 0 spiro atoms. The Morgan fingerprint density at radius 3 is 2.65 bits per heavy atom. The molecule has 1 atom stereocenters. The summed E-state index contributed by atoms with van der Waals surface area (Å²) in [6, 6.07) is 4.73. The van der Waals surface area contributed by atoms with Crippen molar-refractivity contribution in [1.29, 1.82) is 0 Å². The number of benzene rings is 1. The highest BCUT2D eigenvalue weighted by Gasteiger charge is 2.31. The molecule has 0 saturated heterocycles. The second kappa shape index (κ2) is 7.30. The van der Waals surface area contributed by atoms with E-state index in [1.165, 1.54) is 16.7 Å². The van der Waals surface area contributed by atoms with Crippen molar-refractivity contribution >= 4 is 11.8 Å². The van der Waals surface area contributed by atoms with Crippen LogP contribution in [0.1, 0.15) is 11.4 Å². The van der Waals surface area contributed by atoms with Crippen LogP contribution in [0, 0.1) is 0 Å². The van der Waals surface area contributed by atoms with Gasteiger partial charge < -0.3 is 15.9 Å². The Bertz CT molecular complexity index is 663. The molecule has 0 saturated carbocycles. The Morgan fingerprint density at radius 2 is 2.04 bits per heavy atom. The van der Waals surface area contributed by atoms with Gasteiger partial charge >= 0.3 is 6.18 Å². The van der Waals surface area contributed by atoms with Gasteiger partial charge in [0.1, 0.15) is 0 Å². The standard InChI is InChI=1S/C13H15F3N4O2S/c14-13(15,16)8-2-1-3-9(4-8)20-11(5-17)18-19-12(20)23-7-10(22)6-21/h1-4,10,21-22H,5-7,17H2/t10-/m0/s1. The summed E-state index contributed by atoms with van der Waals surface area (Å²) in [4.78, 5) is 0. The third-order valence-corrected chi connectivity index (χ3v) is 4.00. The molecule has 0 radical (unpaired) electrons. The number of hydrogen-bond acceptors (Lipinski definition) is 6. The molecule has 0 aliphatic carbocycles. The molecule has 0 unspecified atom stereocenters. The summed E-state index contributed by atoms with van der Waals surface area (Å²) in [7, 11) is 0. The number of hydrogen-bond donors (Lipinski definition) is 3. The summed E-state index contributed by atoms with van der Waals surface area (Å²) in [5, 5.41) is 26.2. The zero-order valence-corrected chi connectivity index (χ0v) is 12.7. The van der Waals surface area contributed by atoms with Crippen LogP contribution in [0.3, 0.4) is 0 Å². The van der Waals surface area contributed by atoms with Crippen molar-refractivity contribution in [2.75, 3.05) is 12.4 Å². The minimum absolute atomic E-state index is 0.00758. The fraction of sp³-hybridized carbons (Fsp3) is 0.385. The lowest BCUT2D eigenvalue weighted by molar-refractivity contribution is -0.137. The summed E-state index contributed by atoms with van der Waals surface area (Å²) in [6.07, 6.45) is -5.43. The van der Waals surface area contributed by atoms with Gasteiger partial charge in [0, 0.05) is 5.75 Å². The van der Waals surface area contributed by atoms with Gasteiger partial charge in [0.25, 0.3) is 0 Å². The zero-order chi connectivity index (χ0) is 17.0. The smallest absolute Gasteiger partial charge is 0.394 e. The molecule has 0 aliphatic heterocycles. The first-order valence-corrected chi connectivity index (χ1v) is 7.59. The molecule has 2 aromatic rings. The Morgan fingerprint density at radius 1 is 1.30 bits per heavy atom. The molecular weight excluding hydrogens is 333 g/mol. The molecular formula is C13H15F3N4O2S. The third kappa shape index (κ3) is 4.22. The Kier molecular flexibility index (Phi) is 5.63. The van der Waals surface area contributed by atoms with E-state index in [-0.39, 0.29) is 23.1 Å². The number of aliphatic hydroxyl groups excluding tert-OH is 2. The summed E-state index contributed by atoms with van der Waals surface area (Å²) in [5.41, 5.74) is 5.00. The van der Waals surface area contributed by atoms with E-state index in [9.17, 15) is 18.3 Å². The Hall–Kier alpha value is -1.62. The van der Waals surface area contributed by atoms with Crippen LogP contribution in [0.15, 0.2) is 29.4 Å². The molecule has 1 aromatic carbocycles. The molecule has 0 amide bonds. The number of halogens is 3. The number of aromatic nitrogens is 3. The molecule has 23 heavy (non-hydrogen) atoms. The molecule has 4 N–H and O–H groups in total.